The Morgan fingerprint density at radius 1 is 1.53 bits per heavy atom. The van der Waals surface area contributed by atoms with Gasteiger partial charge in [-0.3, -0.25) is 9.78 Å². The van der Waals surface area contributed by atoms with Gasteiger partial charge in [0.1, 0.15) is 0 Å². The van der Waals surface area contributed by atoms with Crippen LogP contribution in [0.3, 0.4) is 0 Å². The molecular weight excluding hydrogens is 238 g/mol. The molecule has 0 saturated heterocycles. The Bertz CT molecular complexity index is 458. The third-order valence-corrected chi connectivity index (χ3v) is 4.45. The average molecular weight is 261 g/mol. The van der Waals surface area contributed by atoms with E-state index in [0.717, 1.165) is 36.8 Å². The first-order valence-electron chi connectivity index (χ1n) is 7.19. The predicted octanol–water partition coefficient (Wildman–Crippen LogP) is 3.60. The van der Waals surface area contributed by atoms with Gasteiger partial charge in [0.05, 0.1) is 5.41 Å². The zero-order valence-corrected chi connectivity index (χ0v) is 11.9. The van der Waals surface area contributed by atoms with Crippen LogP contribution in [0.2, 0.25) is 0 Å². The molecule has 0 aromatic carbocycles. The molecule has 1 heterocycles. The third kappa shape index (κ3) is 3.14. The standard InChI is InChI=1S/C16H23NO2/c1-3-13-5-4-6-16(8-13,15(18)19)9-14-7-12(2)10-17-11-14/h7,10-11,13H,3-6,8-9H2,1-2H3,(H,18,19). The van der Waals surface area contributed by atoms with Crippen molar-refractivity contribution in [3.63, 3.8) is 0 Å². The molecule has 0 spiro atoms. The van der Waals surface area contributed by atoms with E-state index < -0.39 is 11.4 Å². The summed E-state index contributed by atoms with van der Waals surface area (Å²) in [5.41, 5.74) is 1.58. The quantitative estimate of drug-likeness (QED) is 0.900. The van der Waals surface area contributed by atoms with Gasteiger partial charge in [-0.15, -0.1) is 0 Å². The average Bonchev–Trinajstić information content (AvgIpc) is 2.38. The number of rotatable bonds is 4. The van der Waals surface area contributed by atoms with Crippen molar-refractivity contribution in [1.82, 2.24) is 4.98 Å². The van der Waals surface area contributed by atoms with Crippen LogP contribution in [-0.2, 0) is 11.2 Å². The molecule has 0 aliphatic heterocycles. The van der Waals surface area contributed by atoms with Gasteiger partial charge in [-0.25, -0.2) is 0 Å². The van der Waals surface area contributed by atoms with Gasteiger partial charge in [-0.2, -0.15) is 0 Å². The van der Waals surface area contributed by atoms with Crippen molar-refractivity contribution in [3.05, 3.63) is 29.6 Å². The van der Waals surface area contributed by atoms with Crippen molar-refractivity contribution < 1.29 is 9.90 Å². The monoisotopic (exact) mass is 261 g/mol. The fraction of sp³-hybridized carbons (Fsp3) is 0.625. The zero-order chi connectivity index (χ0) is 13.9. The second kappa shape index (κ2) is 5.72. The van der Waals surface area contributed by atoms with Crippen molar-refractivity contribution >= 4 is 5.97 Å². The van der Waals surface area contributed by atoms with E-state index in [1.165, 1.54) is 6.42 Å². The van der Waals surface area contributed by atoms with Crippen LogP contribution in [0.15, 0.2) is 18.5 Å². The second-order valence-electron chi connectivity index (χ2n) is 6.00. The summed E-state index contributed by atoms with van der Waals surface area (Å²) in [5, 5.41) is 9.71. The fourth-order valence-electron chi connectivity index (χ4n) is 3.37. The van der Waals surface area contributed by atoms with Crippen molar-refractivity contribution in [3.8, 4) is 0 Å². The first-order valence-corrected chi connectivity index (χ1v) is 7.19. The van der Waals surface area contributed by atoms with Gasteiger partial charge < -0.3 is 5.11 Å². The maximum absolute atomic E-state index is 11.8. The molecule has 104 valence electrons. The van der Waals surface area contributed by atoms with Crippen LogP contribution in [-0.4, -0.2) is 16.1 Å². The summed E-state index contributed by atoms with van der Waals surface area (Å²) in [6, 6.07) is 2.06. The Morgan fingerprint density at radius 2 is 2.32 bits per heavy atom. The number of aliphatic carboxylic acids is 1. The highest BCUT2D eigenvalue weighted by Crippen LogP contribution is 2.43. The van der Waals surface area contributed by atoms with E-state index in [4.69, 9.17) is 0 Å². The second-order valence-corrected chi connectivity index (χ2v) is 6.00. The molecule has 1 aromatic heterocycles. The summed E-state index contributed by atoms with van der Waals surface area (Å²) in [5.74, 6) is -0.0743. The Morgan fingerprint density at radius 3 is 2.95 bits per heavy atom. The largest absolute Gasteiger partial charge is 0.481 e. The maximum Gasteiger partial charge on any atom is 0.309 e. The maximum atomic E-state index is 11.8. The fourth-order valence-corrected chi connectivity index (χ4v) is 3.37. The van der Waals surface area contributed by atoms with Crippen LogP contribution in [0.25, 0.3) is 0 Å². The van der Waals surface area contributed by atoms with Gasteiger partial charge in [0, 0.05) is 12.4 Å². The minimum absolute atomic E-state index is 0.558. The van der Waals surface area contributed by atoms with E-state index in [2.05, 4.69) is 18.0 Å². The number of pyridine rings is 1. The number of hydrogen-bond donors (Lipinski definition) is 1. The number of hydrogen-bond acceptors (Lipinski definition) is 2. The first-order chi connectivity index (χ1) is 9.05. The van der Waals surface area contributed by atoms with Crippen LogP contribution in [0.1, 0.15) is 50.2 Å². The van der Waals surface area contributed by atoms with Gasteiger partial charge >= 0.3 is 5.97 Å². The smallest absolute Gasteiger partial charge is 0.309 e. The SMILES string of the molecule is CCC1CCCC(Cc2cncc(C)c2)(C(=O)O)C1. The van der Waals surface area contributed by atoms with E-state index >= 15 is 0 Å². The molecule has 0 amide bonds. The molecule has 3 nitrogen and oxygen atoms in total. The van der Waals surface area contributed by atoms with Crippen LogP contribution in [0.5, 0.6) is 0 Å². The van der Waals surface area contributed by atoms with E-state index in [1.807, 2.05) is 19.3 Å². The van der Waals surface area contributed by atoms with E-state index in [1.54, 1.807) is 0 Å². The molecule has 1 fully saturated rings. The van der Waals surface area contributed by atoms with Crippen LogP contribution in [0, 0.1) is 18.3 Å². The highest BCUT2D eigenvalue weighted by molar-refractivity contribution is 5.75. The van der Waals surface area contributed by atoms with Gasteiger partial charge in [0.2, 0.25) is 0 Å². The molecule has 0 bridgehead atoms. The Kier molecular flexibility index (Phi) is 4.23. The topological polar surface area (TPSA) is 50.2 Å². The number of carboxylic acid groups (broad SMARTS) is 1. The lowest BCUT2D eigenvalue weighted by Gasteiger charge is -2.37. The molecule has 1 N–H and O–H groups in total. The van der Waals surface area contributed by atoms with Crippen molar-refractivity contribution in [2.75, 3.05) is 0 Å². The minimum Gasteiger partial charge on any atom is -0.481 e. The predicted molar refractivity (Wildman–Crippen MR) is 75.0 cm³/mol. The normalized spacial score (nSPS) is 27.2. The molecule has 2 unspecified atom stereocenters. The third-order valence-electron chi connectivity index (χ3n) is 4.45. The number of nitrogens with zero attached hydrogens (tertiary/aromatic N) is 1. The lowest BCUT2D eigenvalue weighted by molar-refractivity contribution is -0.152. The van der Waals surface area contributed by atoms with Gasteiger partial charge in [-0.1, -0.05) is 32.3 Å². The molecule has 19 heavy (non-hydrogen) atoms. The molecule has 2 rings (SSSR count). The summed E-state index contributed by atoms with van der Waals surface area (Å²) >= 11 is 0. The van der Waals surface area contributed by atoms with Crippen LogP contribution >= 0.6 is 0 Å². The summed E-state index contributed by atoms with van der Waals surface area (Å²) in [4.78, 5) is 16.0. The number of carbonyl (C=O) groups is 1. The van der Waals surface area contributed by atoms with Crippen molar-refractivity contribution in [2.45, 2.75) is 52.4 Å². The zero-order valence-electron chi connectivity index (χ0n) is 11.9. The van der Waals surface area contributed by atoms with Crippen molar-refractivity contribution in [2.24, 2.45) is 11.3 Å². The van der Waals surface area contributed by atoms with Gasteiger partial charge in [0.15, 0.2) is 0 Å². The lowest BCUT2D eigenvalue weighted by atomic mass is 9.66. The molecule has 2 atom stereocenters. The summed E-state index contributed by atoms with van der Waals surface area (Å²) < 4.78 is 0. The highest BCUT2D eigenvalue weighted by atomic mass is 16.4. The molecule has 1 aromatic rings. The van der Waals surface area contributed by atoms with Crippen LogP contribution < -0.4 is 0 Å². The summed E-state index contributed by atoms with van der Waals surface area (Å²) in [6.45, 7) is 4.16. The minimum atomic E-state index is -0.632. The molecular formula is C16H23NO2. The lowest BCUT2D eigenvalue weighted by Crippen LogP contribution is -2.38. The van der Waals surface area contributed by atoms with E-state index in [0.29, 0.717) is 12.3 Å². The molecule has 3 heteroatoms. The van der Waals surface area contributed by atoms with Gasteiger partial charge in [0.25, 0.3) is 0 Å². The molecule has 1 saturated carbocycles. The van der Waals surface area contributed by atoms with Gasteiger partial charge in [-0.05, 0) is 43.2 Å². The Labute approximate surface area is 115 Å². The van der Waals surface area contributed by atoms with Crippen molar-refractivity contribution in [1.29, 1.82) is 0 Å². The Hall–Kier alpha value is -1.38. The first kappa shape index (κ1) is 14.0. The molecule has 1 aliphatic carbocycles. The highest BCUT2D eigenvalue weighted by Gasteiger charge is 2.42. The summed E-state index contributed by atoms with van der Waals surface area (Å²) in [7, 11) is 0. The Balaban J connectivity index is 2.22. The summed E-state index contributed by atoms with van der Waals surface area (Å²) in [6.07, 6.45) is 9.15. The van der Waals surface area contributed by atoms with E-state index in [9.17, 15) is 9.90 Å². The molecule has 1 aliphatic rings. The van der Waals surface area contributed by atoms with E-state index in [-0.39, 0.29) is 0 Å². The molecule has 0 radical (unpaired) electrons. The number of aromatic nitrogens is 1. The number of aryl methyl sites for hydroxylation is 1. The number of carboxylic acids is 1. The van der Waals surface area contributed by atoms with Crippen LogP contribution in [0.4, 0.5) is 0 Å².